The summed E-state index contributed by atoms with van der Waals surface area (Å²) in [5.74, 6) is 0.150. The molecule has 0 spiro atoms. The molecule has 154 valence electrons. The molecular weight excluding hydrogens is 376 g/mol. The summed E-state index contributed by atoms with van der Waals surface area (Å²) in [6, 6.07) is 14.1. The largest absolute Gasteiger partial charge is 0.360 e. The maximum absolute atomic E-state index is 13.0. The van der Waals surface area contributed by atoms with Gasteiger partial charge >= 0.3 is 5.69 Å². The summed E-state index contributed by atoms with van der Waals surface area (Å²) >= 11 is 0. The molecule has 30 heavy (non-hydrogen) atoms. The number of likely N-dealkylation sites (tertiary alicyclic amines) is 1. The summed E-state index contributed by atoms with van der Waals surface area (Å²) in [7, 11) is 0. The number of carbonyl (C=O) groups excluding carboxylic acids is 1. The number of hydrogen-bond acceptors (Lipinski definition) is 3. The number of imidazole rings is 1. The van der Waals surface area contributed by atoms with Crippen LogP contribution in [-0.2, 0) is 6.42 Å². The second-order valence-corrected chi connectivity index (χ2v) is 8.14. The molecule has 1 saturated heterocycles. The fraction of sp³-hybridized carbons (Fsp3) is 0.333. The predicted molar refractivity (Wildman–Crippen MR) is 119 cm³/mol. The second kappa shape index (κ2) is 7.61. The maximum Gasteiger partial charge on any atom is 0.326 e. The third kappa shape index (κ3) is 3.17. The first-order valence-corrected chi connectivity index (χ1v) is 10.7. The SMILES string of the molecule is CCc1cccc2c(C(=O)CN3CCC(n4c(=O)[nH]c5ccccc54)CC3)c[nH]c12. The highest BCUT2D eigenvalue weighted by atomic mass is 16.1. The molecule has 6 heteroatoms. The zero-order valence-corrected chi connectivity index (χ0v) is 17.1. The summed E-state index contributed by atoms with van der Waals surface area (Å²) in [5.41, 5.74) is 4.87. The van der Waals surface area contributed by atoms with Crippen LogP contribution < -0.4 is 5.69 Å². The Balaban J connectivity index is 1.29. The van der Waals surface area contributed by atoms with E-state index in [-0.39, 0.29) is 17.5 Å². The lowest BCUT2D eigenvalue weighted by Gasteiger charge is -2.32. The highest BCUT2D eigenvalue weighted by Crippen LogP contribution is 2.26. The topological polar surface area (TPSA) is 73.9 Å². The molecular formula is C24H26N4O2. The number of aromatic nitrogens is 3. The predicted octanol–water partition coefficient (Wildman–Crippen LogP) is 3.89. The van der Waals surface area contributed by atoms with Gasteiger partial charge in [-0.25, -0.2) is 4.79 Å². The van der Waals surface area contributed by atoms with Crippen molar-refractivity contribution in [3.8, 4) is 0 Å². The van der Waals surface area contributed by atoms with Gasteiger partial charge in [0, 0.05) is 41.8 Å². The summed E-state index contributed by atoms with van der Waals surface area (Å²) in [6.07, 6.45) is 4.52. The van der Waals surface area contributed by atoms with Gasteiger partial charge in [0.25, 0.3) is 0 Å². The molecule has 1 aliphatic heterocycles. The lowest BCUT2D eigenvalue weighted by Crippen LogP contribution is -2.39. The number of Topliss-reactive ketones (excluding diaryl/α,β-unsaturated/α-hetero) is 1. The first kappa shape index (κ1) is 18.9. The van der Waals surface area contributed by atoms with Gasteiger partial charge in [-0.3, -0.25) is 14.3 Å². The molecule has 1 aliphatic rings. The van der Waals surface area contributed by atoms with Crippen LogP contribution in [0.4, 0.5) is 0 Å². The molecule has 6 nitrogen and oxygen atoms in total. The number of nitrogens with one attached hydrogen (secondary N) is 2. The molecule has 0 radical (unpaired) electrons. The van der Waals surface area contributed by atoms with E-state index >= 15 is 0 Å². The van der Waals surface area contributed by atoms with E-state index in [9.17, 15) is 9.59 Å². The van der Waals surface area contributed by atoms with Gasteiger partial charge in [-0.05, 0) is 37.0 Å². The van der Waals surface area contributed by atoms with Gasteiger partial charge in [0.05, 0.1) is 17.6 Å². The molecule has 2 aromatic carbocycles. The number of rotatable bonds is 5. The monoisotopic (exact) mass is 402 g/mol. The summed E-state index contributed by atoms with van der Waals surface area (Å²) < 4.78 is 1.89. The molecule has 0 aliphatic carbocycles. The van der Waals surface area contributed by atoms with Crippen molar-refractivity contribution in [2.75, 3.05) is 19.6 Å². The number of H-pyrrole nitrogens is 2. The standard InChI is InChI=1S/C24H26N4O2/c1-2-16-6-5-7-18-19(14-25-23(16)18)22(29)15-27-12-10-17(11-13-27)28-21-9-4-3-8-20(21)26-24(28)30/h3-9,14,17,25H,2,10-13,15H2,1H3,(H,26,30). The average Bonchev–Trinajstić information content (AvgIpc) is 3.34. The van der Waals surface area contributed by atoms with Crippen LogP contribution in [0.3, 0.4) is 0 Å². The van der Waals surface area contributed by atoms with Crippen molar-refractivity contribution in [1.29, 1.82) is 0 Å². The van der Waals surface area contributed by atoms with E-state index in [1.807, 2.05) is 47.2 Å². The van der Waals surface area contributed by atoms with Crippen LogP contribution in [-0.4, -0.2) is 44.9 Å². The minimum atomic E-state index is -0.0451. The molecule has 1 fully saturated rings. The van der Waals surface area contributed by atoms with Gasteiger partial charge in [0.1, 0.15) is 0 Å². The minimum absolute atomic E-state index is 0.0451. The lowest BCUT2D eigenvalue weighted by atomic mass is 10.0. The number of aromatic amines is 2. The number of aryl methyl sites for hydroxylation is 1. The number of fused-ring (bicyclic) bond motifs is 2. The van der Waals surface area contributed by atoms with Crippen molar-refractivity contribution in [2.45, 2.75) is 32.2 Å². The Morgan fingerprint density at radius 2 is 1.90 bits per heavy atom. The Labute approximate surface area is 174 Å². The zero-order valence-electron chi connectivity index (χ0n) is 17.1. The van der Waals surface area contributed by atoms with Crippen LogP contribution in [0.25, 0.3) is 21.9 Å². The molecule has 5 rings (SSSR count). The molecule has 2 N–H and O–H groups in total. The van der Waals surface area contributed by atoms with Gasteiger partial charge in [-0.2, -0.15) is 0 Å². The van der Waals surface area contributed by atoms with Crippen molar-refractivity contribution < 1.29 is 4.79 Å². The van der Waals surface area contributed by atoms with E-state index in [4.69, 9.17) is 0 Å². The van der Waals surface area contributed by atoms with Crippen molar-refractivity contribution >= 4 is 27.7 Å². The van der Waals surface area contributed by atoms with Gasteiger partial charge in [0.2, 0.25) is 0 Å². The Morgan fingerprint density at radius 1 is 1.10 bits per heavy atom. The first-order valence-electron chi connectivity index (χ1n) is 10.7. The number of nitrogens with zero attached hydrogens (tertiary/aromatic N) is 2. The molecule has 2 aromatic heterocycles. The molecule has 0 bridgehead atoms. The Morgan fingerprint density at radius 3 is 2.70 bits per heavy atom. The Hall–Kier alpha value is -3.12. The number of piperidine rings is 1. The Kier molecular flexibility index (Phi) is 4.79. The van der Waals surface area contributed by atoms with Crippen LogP contribution in [0, 0.1) is 0 Å². The van der Waals surface area contributed by atoms with Crippen molar-refractivity contribution in [3.05, 3.63) is 70.3 Å². The van der Waals surface area contributed by atoms with Gasteiger partial charge in [-0.15, -0.1) is 0 Å². The number of ketones is 1. The van der Waals surface area contributed by atoms with Crippen LogP contribution >= 0.6 is 0 Å². The van der Waals surface area contributed by atoms with Crippen LogP contribution in [0.2, 0.25) is 0 Å². The highest BCUT2D eigenvalue weighted by Gasteiger charge is 2.25. The summed E-state index contributed by atoms with van der Waals surface area (Å²) in [4.78, 5) is 33.9. The number of benzene rings is 2. The Bertz CT molecular complexity index is 1270. The van der Waals surface area contributed by atoms with Crippen LogP contribution in [0.1, 0.15) is 41.7 Å². The van der Waals surface area contributed by atoms with E-state index in [0.29, 0.717) is 6.54 Å². The molecule has 0 atom stereocenters. The minimum Gasteiger partial charge on any atom is -0.360 e. The van der Waals surface area contributed by atoms with E-state index in [2.05, 4.69) is 27.9 Å². The van der Waals surface area contributed by atoms with Crippen LogP contribution in [0.15, 0.2) is 53.5 Å². The second-order valence-electron chi connectivity index (χ2n) is 8.14. The number of para-hydroxylation sites is 3. The smallest absolute Gasteiger partial charge is 0.326 e. The van der Waals surface area contributed by atoms with Gasteiger partial charge in [0.15, 0.2) is 5.78 Å². The average molecular weight is 402 g/mol. The zero-order chi connectivity index (χ0) is 20.7. The van der Waals surface area contributed by atoms with Crippen LogP contribution in [0.5, 0.6) is 0 Å². The normalized spacial score (nSPS) is 15.9. The van der Waals surface area contributed by atoms with Gasteiger partial charge < -0.3 is 9.97 Å². The molecule has 3 heterocycles. The highest BCUT2D eigenvalue weighted by molar-refractivity contribution is 6.09. The van der Waals surface area contributed by atoms with E-state index in [0.717, 1.165) is 59.9 Å². The van der Waals surface area contributed by atoms with E-state index < -0.39 is 0 Å². The van der Waals surface area contributed by atoms with E-state index in [1.54, 1.807) is 0 Å². The molecule has 4 aromatic rings. The quantitative estimate of drug-likeness (QED) is 0.497. The fourth-order valence-electron chi connectivity index (χ4n) is 4.80. The third-order valence-electron chi connectivity index (χ3n) is 6.40. The molecule has 0 unspecified atom stereocenters. The maximum atomic E-state index is 13.0. The van der Waals surface area contributed by atoms with Crippen molar-refractivity contribution in [2.24, 2.45) is 0 Å². The van der Waals surface area contributed by atoms with Crippen molar-refractivity contribution in [3.63, 3.8) is 0 Å². The summed E-state index contributed by atoms with van der Waals surface area (Å²) in [6.45, 7) is 4.16. The number of hydrogen-bond donors (Lipinski definition) is 2. The third-order valence-corrected chi connectivity index (χ3v) is 6.40. The number of carbonyl (C=O) groups is 1. The molecule has 0 saturated carbocycles. The first-order chi connectivity index (χ1) is 14.7. The molecule has 0 amide bonds. The van der Waals surface area contributed by atoms with E-state index in [1.165, 1.54) is 5.56 Å². The fourth-order valence-corrected chi connectivity index (χ4v) is 4.80. The van der Waals surface area contributed by atoms with Crippen molar-refractivity contribution in [1.82, 2.24) is 19.4 Å². The van der Waals surface area contributed by atoms with Gasteiger partial charge in [-0.1, -0.05) is 37.3 Å². The summed E-state index contributed by atoms with van der Waals surface area (Å²) in [5, 5.41) is 1.01. The lowest BCUT2D eigenvalue weighted by molar-refractivity contribution is 0.0900.